The zero-order valence-corrected chi connectivity index (χ0v) is 32.1. The SMILES string of the molecule is Nc1ncnc2c1c(-c1ccc(Oc3ccccc3)cc1)nn2C1CCC(CN2C[C@@H]3C[C@H]2CN3c2ccc3c(c2)C(C(=O)C=O)N(C2CCC(=O)NC2=O)C3)CC1. The lowest BCUT2D eigenvalue weighted by atomic mass is 9.85. The topological polar surface area (TPSA) is 169 Å². The van der Waals surface area contributed by atoms with Gasteiger partial charge in [0.1, 0.15) is 35.4 Å². The van der Waals surface area contributed by atoms with Gasteiger partial charge in [0.05, 0.1) is 17.5 Å². The second-order valence-electron chi connectivity index (χ2n) is 16.5. The summed E-state index contributed by atoms with van der Waals surface area (Å²) in [6.07, 6.45) is 7.73. The van der Waals surface area contributed by atoms with Gasteiger partial charge in [-0.05, 0) is 104 Å². The number of nitrogens with two attached hydrogens (primary N) is 1. The van der Waals surface area contributed by atoms with Crippen LogP contribution in [0.1, 0.15) is 68.2 Å². The average Bonchev–Trinajstić information content (AvgIpc) is 4.03. The Morgan fingerprint density at radius 2 is 1.69 bits per heavy atom. The van der Waals surface area contributed by atoms with E-state index in [2.05, 4.69) is 41.9 Å². The number of piperidine rings is 1. The molecule has 0 radical (unpaired) electrons. The second-order valence-corrected chi connectivity index (χ2v) is 16.5. The maximum atomic E-state index is 13.0. The predicted octanol–water partition coefficient (Wildman–Crippen LogP) is 4.99. The van der Waals surface area contributed by atoms with Gasteiger partial charge in [0.2, 0.25) is 17.6 Å². The van der Waals surface area contributed by atoms with Crippen molar-refractivity contribution in [2.75, 3.05) is 30.3 Å². The molecule has 5 aliphatic rings. The molecule has 1 aliphatic carbocycles. The molecule has 6 heterocycles. The summed E-state index contributed by atoms with van der Waals surface area (Å²) in [6, 6.07) is 23.4. The number of carbonyl (C=O) groups is 4. The number of ketones is 1. The number of Topliss-reactive ketones (excluding diaryl/α,β-unsaturated/α-hetero) is 1. The Morgan fingerprint density at radius 3 is 2.43 bits per heavy atom. The van der Waals surface area contributed by atoms with E-state index in [0.717, 1.165) is 102 Å². The number of rotatable bonds is 10. The van der Waals surface area contributed by atoms with Crippen molar-refractivity contribution in [1.82, 2.24) is 34.9 Å². The first-order valence-corrected chi connectivity index (χ1v) is 20.3. The van der Waals surface area contributed by atoms with Gasteiger partial charge in [-0.15, -0.1) is 0 Å². The Kier molecular flexibility index (Phi) is 9.24. The molecule has 2 bridgehead atoms. The lowest BCUT2D eigenvalue weighted by Gasteiger charge is -2.39. The Bertz CT molecular complexity index is 2410. The quantitative estimate of drug-likeness (QED) is 0.111. The number of para-hydroxylation sites is 1. The number of hydrogen-bond donors (Lipinski definition) is 2. The fraction of sp³-hybridized carbons (Fsp3) is 0.386. The maximum Gasteiger partial charge on any atom is 0.243 e. The number of ether oxygens (including phenoxy) is 1. The standard InChI is InChI=1S/C44H45N9O5/c45-42-39-40(27-9-14-34(15-10-27)58-33-4-2-1-3-5-33)49-53(43(39)47-25-46-42)29-11-6-26(7-12-29)20-50-22-32-18-31(50)23-51(32)30-13-8-28-21-52(36-16-17-38(56)48-44(36)57)41(35(28)19-30)37(55)24-54/h1-5,8-10,13-15,19,24-26,29,31-32,36,41H,6-7,11-12,16-18,20-23H2,(H2,45,46,47)(H,48,56,57)/t26?,29?,31-,32-,36?,41?/m0/s1. The summed E-state index contributed by atoms with van der Waals surface area (Å²) >= 11 is 0. The van der Waals surface area contributed by atoms with Crippen LogP contribution in [0.25, 0.3) is 22.3 Å². The highest BCUT2D eigenvalue weighted by molar-refractivity contribution is 6.27. The molecule has 296 valence electrons. The third-order valence-corrected chi connectivity index (χ3v) is 13.1. The van der Waals surface area contributed by atoms with Crippen LogP contribution < -0.4 is 20.7 Å². The molecule has 14 nitrogen and oxygen atoms in total. The molecule has 0 spiro atoms. The number of amides is 2. The van der Waals surface area contributed by atoms with Crippen LogP contribution in [-0.2, 0) is 25.7 Å². The predicted molar refractivity (Wildman–Crippen MR) is 216 cm³/mol. The zero-order chi connectivity index (χ0) is 39.5. The molecule has 2 amide bonds. The average molecular weight is 780 g/mol. The molecule has 5 aromatic rings. The Balaban J connectivity index is 0.784. The van der Waals surface area contributed by atoms with Crippen molar-refractivity contribution in [1.29, 1.82) is 0 Å². The van der Waals surface area contributed by atoms with Gasteiger partial charge >= 0.3 is 0 Å². The molecule has 1 saturated carbocycles. The molecule has 3 saturated heterocycles. The minimum atomic E-state index is -0.828. The van der Waals surface area contributed by atoms with E-state index in [4.69, 9.17) is 15.6 Å². The van der Waals surface area contributed by atoms with Crippen LogP contribution in [0.15, 0.2) is 79.1 Å². The van der Waals surface area contributed by atoms with Gasteiger partial charge < -0.3 is 15.4 Å². The van der Waals surface area contributed by atoms with Crippen LogP contribution in [0, 0.1) is 5.92 Å². The van der Waals surface area contributed by atoms with Crippen LogP contribution >= 0.6 is 0 Å². The molecule has 14 heteroatoms. The van der Waals surface area contributed by atoms with Crippen LogP contribution in [0.3, 0.4) is 0 Å². The number of carbonyl (C=O) groups excluding carboxylic acids is 4. The van der Waals surface area contributed by atoms with E-state index in [1.165, 1.54) is 6.33 Å². The molecule has 3 aromatic carbocycles. The monoisotopic (exact) mass is 779 g/mol. The van der Waals surface area contributed by atoms with Gasteiger partial charge in [-0.2, -0.15) is 5.10 Å². The molecular weight excluding hydrogens is 735 g/mol. The fourth-order valence-corrected chi connectivity index (χ4v) is 10.2. The fourth-order valence-electron chi connectivity index (χ4n) is 10.2. The van der Waals surface area contributed by atoms with Crippen LogP contribution in [-0.4, -0.2) is 91.2 Å². The Morgan fingerprint density at radius 1 is 0.897 bits per heavy atom. The van der Waals surface area contributed by atoms with Crippen molar-refractivity contribution >= 4 is 46.4 Å². The van der Waals surface area contributed by atoms with E-state index in [9.17, 15) is 19.2 Å². The minimum Gasteiger partial charge on any atom is -0.457 e. The number of nitrogens with one attached hydrogen (secondary N) is 1. The number of piperazine rings is 1. The van der Waals surface area contributed by atoms with Crippen molar-refractivity contribution in [2.24, 2.45) is 5.92 Å². The number of aldehydes is 1. The van der Waals surface area contributed by atoms with E-state index in [0.29, 0.717) is 43.1 Å². The number of nitrogen functional groups attached to an aromatic ring is 1. The van der Waals surface area contributed by atoms with Crippen LogP contribution in [0.4, 0.5) is 11.5 Å². The van der Waals surface area contributed by atoms with Crippen molar-refractivity contribution in [3.05, 3.63) is 90.3 Å². The van der Waals surface area contributed by atoms with Crippen molar-refractivity contribution in [3.63, 3.8) is 0 Å². The minimum absolute atomic E-state index is 0.210. The Hall–Kier alpha value is -5.99. The highest BCUT2D eigenvalue weighted by Crippen LogP contribution is 2.43. The van der Waals surface area contributed by atoms with Crippen molar-refractivity contribution in [3.8, 4) is 22.8 Å². The first kappa shape index (κ1) is 36.4. The number of hydrogen-bond acceptors (Lipinski definition) is 12. The molecular formula is C44H45N9O5. The number of benzene rings is 3. The Labute approximate surface area is 335 Å². The van der Waals surface area contributed by atoms with E-state index >= 15 is 0 Å². The van der Waals surface area contributed by atoms with Gasteiger partial charge in [0.15, 0.2) is 11.9 Å². The molecule has 2 aromatic heterocycles. The van der Waals surface area contributed by atoms with Crippen molar-refractivity contribution in [2.45, 2.75) is 81.7 Å². The number of imide groups is 1. The summed E-state index contributed by atoms with van der Waals surface area (Å²) in [4.78, 5) is 65.3. The summed E-state index contributed by atoms with van der Waals surface area (Å²) in [7, 11) is 0. The molecule has 4 aliphatic heterocycles. The van der Waals surface area contributed by atoms with Gasteiger partial charge in [0.25, 0.3) is 0 Å². The molecule has 58 heavy (non-hydrogen) atoms. The zero-order valence-electron chi connectivity index (χ0n) is 32.1. The summed E-state index contributed by atoms with van der Waals surface area (Å²) in [5, 5.41) is 8.32. The number of aromatic nitrogens is 4. The normalized spacial score (nSPS) is 25.9. The first-order chi connectivity index (χ1) is 28.3. The third-order valence-electron chi connectivity index (χ3n) is 13.1. The van der Waals surface area contributed by atoms with Gasteiger partial charge in [-0.25, -0.2) is 14.6 Å². The smallest absolute Gasteiger partial charge is 0.243 e. The summed E-state index contributed by atoms with van der Waals surface area (Å²) in [6.45, 7) is 3.34. The lowest BCUT2D eigenvalue weighted by molar-refractivity contribution is -0.141. The summed E-state index contributed by atoms with van der Waals surface area (Å²) < 4.78 is 8.09. The lowest BCUT2D eigenvalue weighted by Crippen LogP contribution is -2.52. The number of likely N-dealkylation sites (tertiary alicyclic amines) is 1. The summed E-state index contributed by atoms with van der Waals surface area (Å²) in [5.74, 6) is 1.25. The van der Waals surface area contributed by atoms with E-state index in [1.807, 2.05) is 60.7 Å². The largest absolute Gasteiger partial charge is 0.457 e. The van der Waals surface area contributed by atoms with Gasteiger partial charge in [-0.3, -0.25) is 34.3 Å². The first-order valence-electron chi connectivity index (χ1n) is 20.3. The van der Waals surface area contributed by atoms with E-state index < -0.39 is 23.8 Å². The molecule has 4 atom stereocenters. The van der Waals surface area contributed by atoms with E-state index in [-0.39, 0.29) is 18.4 Å². The maximum absolute atomic E-state index is 13.0. The number of fused-ring (bicyclic) bond motifs is 4. The van der Waals surface area contributed by atoms with Gasteiger partial charge in [-0.1, -0.05) is 24.3 Å². The molecule has 2 unspecified atom stereocenters. The van der Waals surface area contributed by atoms with Gasteiger partial charge in [0, 0.05) is 55.9 Å². The van der Waals surface area contributed by atoms with E-state index in [1.54, 1.807) is 4.90 Å². The molecule has 4 fully saturated rings. The highest BCUT2D eigenvalue weighted by atomic mass is 16.5. The number of anilines is 2. The molecule has 10 rings (SSSR count). The van der Waals surface area contributed by atoms with Crippen LogP contribution in [0.5, 0.6) is 11.5 Å². The number of nitrogens with zero attached hydrogens (tertiary/aromatic N) is 7. The molecule has 3 N–H and O–H groups in total. The van der Waals surface area contributed by atoms with Crippen molar-refractivity contribution < 1.29 is 23.9 Å². The third kappa shape index (κ3) is 6.49. The highest BCUT2D eigenvalue weighted by Gasteiger charge is 2.46. The van der Waals surface area contributed by atoms with Crippen LogP contribution in [0.2, 0.25) is 0 Å². The second kappa shape index (κ2) is 14.7. The summed E-state index contributed by atoms with van der Waals surface area (Å²) in [5.41, 5.74) is 11.7.